The molecule has 2 aromatic heterocycles. The molecule has 0 aliphatic rings. The third-order valence-electron chi connectivity index (χ3n) is 2.25. The van der Waals surface area contributed by atoms with Crippen molar-refractivity contribution in [2.75, 3.05) is 11.1 Å². The number of nitro groups is 1. The summed E-state index contributed by atoms with van der Waals surface area (Å²) in [6, 6.07) is 0. The van der Waals surface area contributed by atoms with Gasteiger partial charge in [-0.3, -0.25) is 10.1 Å². The fourth-order valence-corrected chi connectivity index (χ4v) is 1.99. The van der Waals surface area contributed by atoms with E-state index in [9.17, 15) is 10.1 Å². The van der Waals surface area contributed by atoms with Crippen molar-refractivity contribution < 1.29 is 4.92 Å². The van der Waals surface area contributed by atoms with Crippen molar-refractivity contribution in [3.63, 3.8) is 0 Å². The van der Waals surface area contributed by atoms with Gasteiger partial charge in [-0.1, -0.05) is 0 Å². The number of nitrogens with one attached hydrogen (secondary N) is 1. The van der Waals surface area contributed by atoms with Gasteiger partial charge in [-0.15, -0.1) is 11.3 Å². The Kier molecular flexibility index (Phi) is 3.33. The highest BCUT2D eigenvalue weighted by molar-refractivity contribution is 7.09. The lowest BCUT2D eigenvalue weighted by Crippen LogP contribution is -2.07. The maximum Gasteiger partial charge on any atom is 0.329 e. The van der Waals surface area contributed by atoms with Crippen LogP contribution < -0.4 is 11.1 Å². The number of aromatic nitrogens is 3. The summed E-state index contributed by atoms with van der Waals surface area (Å²) in [5, 5.41) is 13.5. The van der Waals surface area contributed by atoms with Gasteiger partial charge in [0.2, 0.25) is 11.8 Å². The number of nitrogens with zero attached hydrogens (tertiary/aromatic N) is 4. The molecule has 0 bridgehead atoms. The van der Waals surface area contributed by atoms with E-state index in [0.717, 1.165) is 16.8 Å². The molecule has 0 saturated carbocycles. The number of hydrogen-bond acceptors (Lipinski definition) is 8. The van der Waals surface area contributed by atoms with Crippen LogP contribution in [0.4, 0.5) is 17.5 Å². The van der Waals surface area contributed by atoms with Crippen LogP contribution in [0.1, 0.15) is 10.6 Å². The van der Waals surface area contributed by atoms with Crippen LogP contribution in [-0.2, 0) is 6.54 Å². The molecule has 94 valence electrons. The maximum absolute atomic E-state index is 10.5. The van der Waals surface area contributed by atoms with Gasteiger partial charge < -0.3 is 11.1 Å². The first-order valence-electron chi connectivity index (χ1n) is 4.97. The maximum atomic E-state index is 10.5. The van der Waals surface area contributed by atoms with Crippen molar-refractivity contribution in [1.29, 1.82) is 0 Å². The van der Waals surface area contributed by atoms with Gasteiger partial charge in [0, 0.05) is 4.88 Å². The lowest BCUT2D eigenvalue weighted by Gasteiger charge is -2.04. The molecule has 0 saturated heterocycles. The standard InChI is InChI=1S/C9H10N6O2S/c1-5-7(18-4-13-5)3-12-9-11-2-6(15(16)17)8(10)14-9/h2,4H,3H2,1H3,(H3,10,11,12,14). The highest BCUT2D eigenvalue weighted by Gasteiger charge is 2.14. The molecule has 2 rings (SSSR count). The molecular weight excluding hydrogens is 256 g/mol. The number of anilines is 2. The average Bonchev–Trinajstić information content (AvgIpc) is 2.72. The first-order valence-corrected chi connectivity index (χ1v) is 5.85. The Labute approximate surface area is 106 Å². The number of rotatable bonds is 4. The van der Waals surface area contributed by atoms with E-state index in [-0.39, 0.29) is 17.5 Å². The number of hydrogen-bond donors (Lipinski definition) is 2. The number of nitrogen functional groups attached to an aromatic ring is 1. The summed E-state index contributed by atoms with van der Waals surface area (Å²) in [5.74, 6) is 0.101. The lowest BCUT2D eigenvalue weighted by molar-refractivity contribution is -0.384. The van der Waals surface area contributed by atoms with Crippen molar-refractivity contribution in [2.45, 2.75) is 13.5 Å². The van der Waals surface area contributed by atoms with Gasteiger partial charge >= 0.3 is 5.69 Å². The number of thiazole rings is 1. The molecule has 3 N–H and O–H groups in total. The van der Waals surface area contributed by atoms with Crippen LogP contribution in [0.15, 0.2) is 11.7 Å². The second kappa shape index (κ2) is 4.92. The summed E-state index contributed by atoms with van der Waals surface area (Å²) in [6.45, 7) is 2.41. The molecule has 0 aliphatic heterocycles. The summed E-state index contributed by atoms with van der Waals surface area (Å²) in [5.41, 5.74) is 7.84. The van der Waals surface area contributed by atoms with Crippen LogP contribution in [0.5, 0.6) is 0 Å². The summed E-state index contributed by atoms with van der Waals surface area (Å²) in [6.07, 6.45) is 1.09. The summed E-state index contributed by atoms with van der Waals surface area (Å²) >= 11 is 1.51. The largest absolute Gasteiger partial charge is 0.378 e. The third kappa shape index (κ3) is 2.51. The normalized spacial score (nSPS) is 10.3. The molecular formula is C9H10N6O2S. The highest BCUT2D eigenvalue weighted by Crippen LogP contribution is 2.19. The molecule has 0 radical (unpaired) electrons. The topological polar surface area (TPSA) is 120 Å². The molecule has 0 spiro atoms. The van der Waals surface area contributed by atoms with Gasteiger partial charge in [0.05, 0.1) is 22.7 Å². The molecule has 18 heavy (non-hydrogen) atoms. The first-order chi connectivity index (χ1) is 8.58. The Bertz CT molecular complexity index is 584. The zero-order valence-electron chi connectivity index (χ0n) is 9.45. The van der Waals surface area contributed by atoms with E-state index in [2.05, 4.69) is 20.3 Å². The fourth-order valence-electron chi connectivity index (χ4n) is 1.27. The second-order valence-corrected chi connectivity index (χ2v) is 4.38. The molecule has 2 aromatic rings. The minimum Gasteiger partial charge on any atom is -0.378 e. The van der Waals surface area contributed by atoms with E-state index in [1.165, 1.54) is 11.3 Å². The molecule has 9 heteroatoms. The minimum absolute atomic E-state index is 0.154. The average molecular weight is 266 g/mol. The molecule has 8 nitrogen and oxygen atoms in total. The van der Waals surface area contributed by atoms with Crippen molar-refractivity contribution in [3.8, 4) is 0 Å². The summed E-state index contributed by atoms with van der Waals surface area (Å²) in [7, 11) is 0. The van der Waals surface area contributed by atoms with Gasteiger partial charge in [0.1, 0.15) is 6.20 Å². The lowest BCUT2D eigenvalue weighted by atomic mass is 10.4. The summed E-state index contributed by atoms with van der Waals surface area (Å²) < 4.78 is 0. The van der Waals surface area contributed by atoms with Crippen LogP contribution >= 0.6 is 11.3 Å². The van der Waals surface area contributed by atoms with Crippen molar-refractivity contribution >= 4 is 28.8 Å². The Balaban J connectivity index is 2.09. The zero-order chi connectivity index (χ0) is 13.1. The van der Waals surface area contributed by atoms with Gasteiger partial charge in [-0.05, 0) is 6.92 Å². The minimum atomic E-state index is -0.619. The van der Waals surface area contributed by atoms with Crippen LogP contribution in [0, 0.1) is 17.0 Å². The van der Waals surface area contributed by atoms with Crippen LogP contribution in [-0.4, -0.2) is 19.9 Å². The smallest absolute Gasteiger partial charge is 0.329 e. The second-order valence-electron chi connectivity index (χ2n) is 3.44. The molecule has 2 heterocycles. The Morgan fingerprint density at radius 1 is 1.56 bits per heavy atom. The monoisotopic (exact) mass is 266 g/mol. The van der Waals surface area contributed by atoms with Crippen LogP contribution in [0.25, 0.3) is 0 Å². The number of aryl methyl sites for hydroxylation is 1. The predicted molar refractivity (Wildman–Crippen MR) is 67.3 cm³/mol. The predicted octanol–water partition coefficient (Wildman–Crippen LogP) is 1.34. The molecule has 0 amide bonds. The van der Waals surface area contributed by atoms with Gasteiger partial charge in [0.15, 0.2) is 0 Å². The molecule has 0 unspecified atom stereocenters. The van der Waals surface area contributed by atoms with Crippen molar-refractivity contribution in [2.24, 2.45) is 0 Å². The molecule has 0 aliphatic carbocycles. The van der Waals surface area contributed by atoms with E-state index in [4.69, 9.17) is 5.73 Å². The molecule has 0 atom stereocenters. The summed E-state index contributed by atoms with van der Waals surface area (Å²) in [4.78, 5) is 22.7. The van der Waals surface area contributed by atoms with Gasteiger partial charge in [-0.2, -0.15) is 4.98 Å². The van der Waals surface area contributed by atoms with E-state index in [0.29, 0.717) is 6.54 Å². The molecule has 0 fully saturated rings. The Hall–Kier alpha value is -2.29. The number of nitrogens with two attached hydrogens (primary N) is 1. The highest BCUT2D eigenvalue weighted by atomic mass is 32.1. The van der Waals surface area contributed by atoms with E-state index < -0.39 is 4.92 Å². The first kappa shape index (κ1) is 12.2. The Morgan fingerprint density at radius 2 is 2.33 bits per heavy atom. The third-order valence-corrected chi connectivity index (χ3v) is 3.18. The quantitative estimate of drug-likeness (QED) is 0.632. The van der Waals surface area contributed by atoms with Crippen LogP contribution in [0.3, 0.4) is 0 Å². The van der Waals surface area contributed by atoms with Gasteiger partial charge in [0.25, 0.3) is 0 Å². The zero-order valence-corrected chi connectivity index (χ0v) is 10.3. The van der Waals surface area contributed by atoms with E-state index in [1.54, 1.807) is 5.51 Å². The van der Waals surface area contributed by atoms with Gasteiger partial charge in [-0.25, -0.2) is 9.97 Å². The van der Waals surface area contributed by atoms with E-state index in [1.807, 2.05) is 6.92 Å². The van der Waals surface area contributed by atoms with E-state index >= 15 is 0 Å². The fraction of sp³-hybridized carbons (Fsp3) is 0.222. The SMILES string of the molecule is Cc1ncsc1CNc1ncc([N+](=O)[O-])c(N)n1. The van der Waals surface area contributed by atoms with Crippen molar-refractivity contribution in [3.05, 3.63) is 32.4 Å². The Morgan fingerprint density at radius 3 is 2.89 bits per heavy atom. The molecule has 0 aromatic carbocycles. The van der Waals surface area contributed by atoms with Crippen LogP contribution in [0.2, 0.25) is 0 Å². The van der Waals surface area contributed by atoms with Crippen molar-refractivity contribution in [1.82, 2.24) is 15.0 Å².